The molecule has 0 aliphatic carbocycles. The molecule has 2 aromatic rings. The molecule has 0 saturated heterocycles. The number of sulfonamides is 1. The molecular weight excluding hydrogens is 258 g/mol. The summed E-state index contributed by atoms with van der Waals surface area (Å²) in [6.45, 7) is 2.14. The quantitative estimate of drug-likeness (QED) is 0.895. The highest BCUT2D eigenvalue weighted by molar-refractivity contribution is 7.89. The van der Waals surface area contributed by atoms with Gasteiger partial charge in [0.25, 0.3) is 0 Å². The first-order chi connectivity index (χ1) is 8.11. The molecule has 0 unspecified atom stereocenters. The zero-order valence-electron chi connectivity index (χ0n) is 9.38. The molecule has 92 valence electrons. The topological polar surface area (TPSA) is 72.0 Å². The zero-order valence-corrected chi connectivity index (χ0v) is 11.0. The number of benzene rings is 1. The number of hydrogen-bond donors (Lipinski definition) is 1. The summed E-state index contributed by atoms with van der Waals surface area (Å²) in [4.78, 5) is 0. The monoisotopic (exact) mass is 271 g/mol. The van der Waals surface area contributed by atoms with Crippen molar-refractivity contribution in [2.24, 2.45) is 0 Å². The largest absolute Gasteiger partial charge is 0.212 e. The molecule has 0 radical (unpaired) electrons. The Kier molecular flexibility index (Phi) is 3.70. The summed E-state index contributed by atoms with van der Waals surface area (Å²) in [6, 6.07) is 5.56. The van der Waals surface area contributed by atoms with Crippen LogP contribution >= 0.6 is 11.7 Å². The molecule has 5 nitrogen and oxygen atoms in total. The Morgan fingerprint density at radius 1 is 1.29 bits per heavy atom. The lowest BCUT2D eigenvalue weighted by Gasteiger charge is -2.05. The Hall–Kier alpha value is -1.05. The van der Waals surface area contributed by atoms with Crippen LogP contribution in [-0.2, 0) is 16.6 Å². The minimum absolute atomic E-state index is 0.160. The molecule has 0 aliphatic heterocycles. The standard InChI is InChI=1S/C10H13N3O2S2/c1-2-5-17(14,15)11-7-8-3-4-9-10(6-8)13-16-12-9/h3-4,6,11H,2,5,7H2,1H3. The van der Waals surface area contributed by atoms with Crippen molar-refractivity contribution in [3.63, 3.8) is 0 Å². The lowest BCUT2D eigenvalue weighted by molar-refractivity contribution is 0.580. The molecule has 1 N–H and O–H groups in total. The lowest BCUT2D eigenvalue weighted by atomic mass is 10.2. The lowest BCUT2D eigenvalue weighted by Crippen LogP contribution is -2.25. The summed E-state index contributed by atoms with van der Waals surface area (Å²) in [7, 11) is -3.15. The van der Waals surface area contributed by atoms with Gasteiger partial charge in [-0.15, -0.1) is 0 Å². The number of hydrogen-bond acceptors (Lipinski definition) is 5. The van der Waals surface area contributed by atoms with Crippen LogP contribution in [0.25, 0.3) is 11.0 Å². The van der Waals surface area contributed by atoms with Crippen molar-refractivity contribution in [1.82, 2.24) is 13.5 Å². The maximum absolute atomic E-state index is 11.5. The van der Waals surface area contributed by atoms with Crippen molar-refractivity contribution in [2.75, 3.05) is 5.75 Å². The van der Waals surface area contributed by atoms with E-state index >= 15 is 0 Å². The summed E-state index contributed by atoms with van der Waals surface area (Å²) in [6.07, 6.45) is 0.615. The van der Waals surface area contributed by atoms with E-state index in [0.717, 1.165) is 28.3 Å². The van der Waals surface area contributed by atoms with Gasteiger partial charge in [0.1, 0.15) is 11.0 Å². The first-order valence-electron chi connectivity index (χ1n) is 5.29. The third-order valence-electron chi connectivity index (χ3n) is 2.29. The number of aromatic nitrogens is 2. The fourth-order valence-electron chi connectivity index (χ4n) is 1.47. The van der Waals surface area contributed by atoms with E-state index < -0.39 is 10.0 Å². The molecule has 0 fully saturated rings. The smallest absolute Gasteiger partial charge is 0.211 e. The summed E-state index contributed by atoms with van der Waals surface area (Å²) >= 11 is 1.15. The van der Waals surface area contributed by atoms with Crippen LogP contribution < -0.4 is 4.72 Å². The van der Waals surface area contributed by atoms with Gasteiger partial charge in [-0.1, -0.05) is 13.0 Å². The maximum atomic E-state index is 11.5. The fraction of sp³-hybridized carbons (Fsp3) is 0.400. The Morgan fingerprint density at radius 3 is 2.82 bits per heavy atom. The van der Waals surface area contributed by atoms with Gasteiger partial charge in [0.15, 0.2) is 0 Å². The average molecular weight is 271 g/mol. The molecule has 1 heterocycles. The number of fused-ring (bicyclic) bond motifs is 1. The van der Waals surface area contributed by atoms with Gasteiger partial charge in [-0.3, -0.25) is 0 Å². The fourth-order valence-corrected chi connectivity index (χ4v) is 3.06. The highest BCUT2D eigenvalue weighted by Crippen LogP contribution is 2.13. The normalized spacial score (nSPS) is 12.1. The van der Waals surface area contributed by atoms with Gasteiger partial charge >= 0.3 is 0 Å². The second-order valence-electron chi connectivity index (χ2n) is 3.73. The predicted octanol–water partition coefficient (Wildman–Crippen LogP) is 1.52. The molecule has 0 amide bonds. The van der Waals surface area contributed by atoms with Crippen LogP contribution in [0.3, 0.4) is 0 Å². The van der Waals surface area contributed by atoms with E-state index in [-0.39, 0.29) is 5.75 Å². The molecule has 0 saturated carbocycles. The third kappa shape index (κ3) is 3.21. The molecule has 1 aromatic carbocycles. The molecular formula is C10H13N3O2S2. The number of nitrogens with one attached hydrogen (secondary N) is 1. The van der Waals surface area contributed by atoms with E-state index in [9.17, 15) is 8.42 Å². The first-order valence-corrected chi connectivity index (χ1v) is 7.67. The van der Waals surface area contributed by atoms with Crippen LogP contribution in [-0.4, -0.2) is 22.9 Å². The second-order valence-corrected chi connectivity index (χ2v) is 6.18. The second kappa shape index (κ2) is 5.07. The van der Waals surface area contributed by atoms with E-state index in [1.165, 1.54) is 0 Å². The summed E-state index contributed by atoms with van der Waals surface area (Å²) in [5.74, 6) is 0.160. The van der Waals surface area contributed by atoms with Crippen LogP contribution in [0.2, 0.25) is 0 Å². The van der Waals surface area contributed by atoms with Crippen molar-refractivity contribution in [1.29, 1.82) is 0 Å². The van der Waals surface area contributed by atoms with Gasteiger partial charge in [-0.25, -0.2) is 13.1 Å². The zero-order chi connectivity index (χ0) is 12.3. The van der Waals surface area contributed by atoms with Crippen molar-refractivity contribution >= 4 is 32.8 Å². The number of nitrogens with zero attached hydrogens (tertiary/aromatic N) is 2. The summed E-state index contributed by atoms with van der Waals surface area (Å²) in [5.41, 5.74) is 2.54. The van der Waals surface area contributed by atoms with E-state index in [4.69, 9.17) is 0 Å². The minimum Gasteiger partial charge on any atom is -0.212 e. The van der Waals surface area contributed by atoms with Crippen LogP contribution in [0.5, 0.6) is 0 Å². The average Bonchev–Trinajstić information content (AvgIpc) is 2.73. The van der Waals surface area contributed by atoms with Gasteiger partial charge in [-0.05, 0) is 24.1 Å². The van der Waals surface area contributed by atoms with E-state index in [1.807, 2.05) is 25.1 Å². The van der Waals surface area contributed by atoms with Gasteiger partial charge in [0, 0.05) is 6.54 Å². The highest BCUT2D eigenvalue weighted by Gasteiger charge is 2.08. The Balaban J connectivity index is 2.08. The van der Waals surface area contributed by atoms with Crippen molar-refractivity contribution < 1.29 is 8.42 Å². The molecule has 0 bridgehead atoms. The molecule has 7 heteroatoms. The molecule has 0 aliphatic rings. The van der Waals surface area contributed by atoms with Crippen LogP contribution in [0, 0.1) is 0 Å². The predicted molar refractivity (Wildman–Crippen MR) is 68.3 cm³/mol. The van der Waals surface area contributed by atoms with Gasteiger partial charge in [-0.2, -0.15) is 8.75 Å². The minimum atomic E-state index is -3.15. The van der Waals surface area contributed by atoms with Crippen molar-refractivity contribution in [2.45, 2.75) is 19.9 Å². The van der Waals surface area contributed by atoms with Crippen molar-refractivity contribution in [3.8, 4) is 0 Å². The highest BCUT2D eigenvalue weighted by atomic mass is 32.2. The van der Waals surface area contributed by atoms with Crippen molar-refractivity contribution in [3.05, 3.63) is 23.8 Å². The maximum Gasteiger partial charge on any atom is 0.211 e. The van der Waals surface area contributed by atoms with E-state index in [1.54, 1.807) is 0 Å². The molecule has 0 spiro atoms. The van der Waals surface area contributed by atoms with Gasteiger partial charge in [0.05, 0.1) is 17.5 Å². The SMILES string of the molecule is CCCS(=O)(=O)NCc1ccc2nsnc2c1. The van der Waals surface area contributed by atoms with E-state index in [0.29, 0.717) is 13.0 Å². The Morgan fingerprint density at radius 2 is 2.06 bits per heavy atom. The van der Waals surface area contributed by atoms with Crippen LogP contribution in [0.4, 0.5) is 0 Å². The Labute approximate surface area is 104 Å². The van der Waals surface area contributed by atoms with Gasteiger partial charge < -0.3 is 0 Å². The summed E-state index contributed by atoms with van der Waals surface area (Å²) < 4.78 is 33.7. The van der Waals surface area contributed by atoms with Crippen LogP contribution in [0.15, 0.2) is 18.2 Å². The molecule has 2 rings (SSSR count). The third-order valence-corrected chi connectivity index (χ3v) is 4.37. The first kappa shape index (κ1) is 12.4. The summed E-state index contributed by atoms with van der Waals surface area (Å²) in [5, 5.41) is 0. The Bertz CT molecular complexity index is 607. The van der Waals surface area contributed by atoms with Gasteiger partial charge in [0.2, 0.25) is 10.0 Å². The molecule has 17 heavy (non-hydrogen) atoms. The molecule has 0 atom stereocenters. The van der Waals surface area contributed by atoms with Crippen LogP contribution in [0.1, 0.15) is 18.9 Å². The molecule has 1 aromatic heterocycles. The van der Waals surface area contributed by atoms with E-state index in [2.05, 4.69) is 13.5 Å². The number of rotatable bonds is 5.